The van der Waals surface area contributed by atoms with Crippen molar-refractivity contribution in [2.24, 2.45) is 5.41 Å². The fraction of sp³-hybridized carbons (Fsp3) is 0.529. The van der Waals surface area contributed by atoms with E-state index in [0.29, 0.717) is 45.1 Å². The van der Waals surface area contributed by atoms with Crippen molar-refractivity contribution in [2.45, 2.75) is 25.3 Å². The van der Waals surface area contributed by atoms with Crippen LogP contribution in [0.4, 0.5) is 14.7 Å². The highest BCUT2D eigenvalue weighted by molar-refractivity contribution is 5.33. The van der Waals surface area contributed by atoms with Gasteiger partial charge in [0.1, 0.15) is 0 Å². The van der Waals surface area contributed by atoms with Gasteiger partial charge in [-0.15, -0.1) is 0 Å². The van der Waals surface area contributed by atoms with Gasteiger partial charge in [-0.3, -0.25) is 4.90 Å². The first-order valence-electron chi connectivity index (χ1n) is 8.21. The van der Waals surface area contributed by atoms with Crippen molar-refractivity contribution in [1.29, 1.82) is 0 Å². The molecule has 2 aromatic rings. The van der Waals surface area contributed by atoms with Gasteiger partial charge in [-0.1, -0.05) is 0 Å². The summed E-state index contributed by atoms with van der Waals surface area (Å²) in [6.07, 6.45) is 6.95. The van der Waals surface area contributed by atoms with Crippen LogP contribution in [0, 0.1) is 5.41 Å². The molecule has 2 aromatic heterocycles. The summed E-state index contributed by atoms with van der Waals surface area (Å²) in [6.45, 7) is 2.30. The predicted octanol–water partition coefficient (Wildman–Crippen LogP) is 2.81. The van der Waals surface area contributed by atoms with Crippen LogP contribution in [0.5, 0.6) is 0 Å². The number of alkyl halides is 2. The highest BCUT2D eigenvalue weighted by Gasteiger charge is 2.59. The summed E-state index contributed by atoms with van der Waals surface area (Å²) >= 11 is 0. The highest BCUT2D eigenvalue weighted by atomic mass is 19.3. The van der Waals surface area contributed by atoms with Gasteiger partial charge in [0.15, 0.2) is 0 Å². The molecule has 0 saturated carbocycles. The van der Waals surface area contributed by atoms with Crippen molar-refractivity contribution < 1.29 is 13.2 Å². The molecule has 1 spiro atoms. The molecule has 2 fully saturated rings. The number of anilines is 1. The van der Waals surface area contributed by atoms with E-state index in [0.717, 1.165) is 5.56 Å². The Morgan fingerprint density at radius 3 is 2.71 bits per heavy atom. The van der Waals surface area contributed by atoms with Crippen LogP contribution >= 0.6 is 0 Å². The Kier molecular flexibility index (Phi) is 3.75. The van der Waals surface area contributed by atoms with E-state index < -0.39 is 11.3 Å². The molecule has 1 unspecified atom stereocenters. The molecule has 2 saturated heterocycles. The number of hydrogen-bond acceptors (Lipinski definition) is 5. The SMILES string of the molecule is FC1(F)CCN(Cc2ccoc2)CC12CCN(c1ncccn1)C2. The number of halogens is 2. The lowest BCUT2D eigenvalue weighted by molar-refractivity contribution is -0.158. The van der Waals surface area contributed by atoms with Crippen molar-refractivity contribution in [2.75, 3.05) is 31.1 Å². The second-order valence-corrected chi connectivity index (χ2v) is 6.80. The summed E-state index contributed by atoms with van der Waals surface area (Å²) in [5, 5.41) is 0. The van der Waals surface area contributed by atoms with Crippen LogP contribution in [-0.4, -0.2) is 47.0 Å². The quantitative estimate of drug-likeness (QED) is 0.864. The average Bonchev–Trinajstić information content (AvgIpc) is 3.23. The number of piperidine rings is 1. The maximum absolute atomic E-state index is 14.8. The maximum atomic E-state index is 14.8. The van der Waals surface area contributed by atoms with E-state index in [-0.39, 0.29) is 6.42 Å². The standard InChI is InChI=1S/C17H20F2N4O/c18-17(19)4-7-22(10-14-2-9-24-11-14)12-16(17)3-8-23(13-16)15-20-5-1-6-21-15/h1-2,5-6,9,11H,3-4,7-8,10,12-13H2. The van der Waals surface area contributed by atoms with E-state index in [1.165, 1.54) is 0 Å². The van der Waals surface area contributed by atoms with Crippen molar-refractivity contribution in [1.82, 2.24) is 14.9 Å². The largest absolute Gasteiger partial charge is 0.472 e. The Balaban J connectivity index is 1.53. The van der Waals surface area contributed by atoms with Crippen LogP contribution in [0.2, 0.25) is 0 Å². The van der Waals surface area contributed by atoms with Crippen LogP contribution in [0.1, 0.15) is 18.4 Å². The normalized spacial score (nSPS) is 27.0. The van der Waals surface area contributed by atoms with Gasteiger partial charge in [0, 0.05) is 57.1 Å². The van der Waals surface area contributed by atoms with Gasteiger partial charge in [-0.05, 0) is 18.6 Å². The Morgan fingerprint density at radius 2 is 1.96 bits per heavy atom. The summed E-state index contributed by atoms with van der Waals surface area (Å²) in [4.78, 5) is 12.4. The van der Waals surface area contributed by atoms with Gasteiger partial charge < -0.3 is 9.32 Å². The molecule has 7 heteroatoms. The van der Waals surface area contributed by atoms with Crippen molar-refractivity contribution in [3.05, 3.63) is 42.6 Å². The Morgan fingerprint density at radius 1 is 1.12 bits per heavy atom. The first-order valence-corrected chi connectivity index (χ1v) is 8.21. The topological polar surface area (TPSA) is 45.4 Å². The Hall–Kier alpha value is -2.02. The summed E-state index contributed by atoms with van der Waals surface area (Å²) < 4.78 is 34.7. The van der Waals surface area contributed by atoms with E-state index >= 15 is 0 Å². The van der Waals surface area contributed by atoms with Gasteiger partial charge in [0.05, 0.1) is 17.9 Å². The first kappa shape index (κ1) is 15.5. The minimum Gasteiger partial charge on any atom is -0.472 e. The first-order chi connectivity index (χ1) is 11.6. The monoisotopic (exact) mass is 334 g/mol. The third kappa shape index (κ3) is 2.66. The molecule has 1 atom stereocenters. The molecule has 128 valence electrons. The Bertz CT molecular complexity index is 679. The van der Waals surface area contributed by atoms with E-state index in [2.05, 4.69) is 14.9 Å². The lowest BCUT2D eigenvalue weighted by Gasteiger charge is -2.45. The van der Waals surface area contributed by atoms with Gasteiger partial charge >= 0.3 is 0 Å². The van der Waals surface area contributed by atoms with Crippen LogP contribution in [0.25, 0.3) is 0 Å². The van der Waals surface area contributed by atoms with Crippen molar-refractivity contribution >= 4 is 5.95 Å². The molecule has 2 aliphatic heterocycles. The molecule has 5 nitrogen and oxygen atoms in total. The summed E-state index contributed by atoms with van der Waals surface area (Å²) in [7, 11) is 0. The van der Waals surface area contributed by atoms with Crippen LogP contribution < -0.4 is 4.90 Å². The molecule has 0 amide bonds. The second kappa shape index (κ2) is 5.81. The highest BCUT2D eigenvalue weighted by Crippen LogP contribution is 2.50. The number of furan rings is 1. The van der Waals surface area contributed by atoms with Gasteiger partial charge in [0.25, 0.3) is 5.92 Å². The molecule has 0 N–H and O–H groups in total. The Labute approximate surface area is 139 Å². The van der Waals surface area contributed by atoms with Crippen LogP contribution in [0.15, 0.2) is 41.5 Å². The zero-order valence-corrected chi connectivity index (χ0v) is 13.4. The minimum atomic E-state index is -2.66. The average molecular weight is 334 g/mol. The summed E-state index contributed by atoms with van der Waals surface area (Å²) in [5.74, 6) is -2.12. The zero-order chi connectivity index (χ0) is 16.6. The lowest BCUT2D eigenvalue weighted by atomic mass is 9.75. The van der Waals surface area contributed by atoms with Crippen LogP contribution in [0.3, 0.4) is 0 Å². The molecular formula is C17H20F2N4O. The van der Waals surface area contributed by atoms with Crippen molar-refractivity contribution in [3.8, 4) is 0 Å². The van der Waals surface area contributed by atoms with Crippen molar-refractivity contribution in [3.63, 3.8) is 0 Å². The fourth-order valence-electron chi connectivity index (χ4n) is 3.89. The number of hydrogen-bond donors (Lipinski definition) is 0. The van der Waals surface area contributed by atoms with Gasteiger partial charge in [0.2, 0.25) is 5.95 Å². The third-order valence-corrected chi connectivity index (χ3v) is 5.22. The number of nitrogens with zero attached hydrogens (tertiary/aromatic N) is 4. The van der Waals surface area contributed by atoms with Gasteiger partial charge in [-0.2, -0.15) is 0 Å². The van der Waals surface area contributed by atoms with E-state index in [1.54, 1.807) is 31.0 Å². The molecule has 24 heavy (non-hydrogen) atoms. The van der Waals surface area contributed by atoms with E-state index in [1.807, 2.05) is 11.0 Å². The molecule has 0 radical (unpaired) electrons. The second-order valence-electron chi connectivity index (χ2n) is 6.80. The maximum Gasteiger partial charge on any atom is 0.257 e. The lowest BCUT2D eigenvalue weighted by Crippen LogP contribution is -2.56. The molecule has 0 aromatic carbocycles. The zero-order valence-electron chi connectivity index (χ0n) is 13.4. The molecular weight excluding hydrogens is 314 g/mol. The summed E-state index contributed by atoms with van der Waals surface area (Å²) in [5.41, 5.74) is -0.00890. The molecule has 2 aliphatic rings. The van der Waals surface area contributed by atoms with E-state index in [4.69, 9.17) is 4.42 Å². The smallest absolute Gasteiger partial charge is 0.257 e. The third-order valence-electron chi connectivity index (χ3n) is 5.22. The van der Waals surface area contributed by atoms with E-state index in [9.17, 15) is 8.78 Å². The number of aromatic nitrogens is 2. The number of likely N-dealkylation sites (tertiary alicyclic amines) is 1. The van der Waals surface area contributed by atoms with Crippen LogP contribution in [-0.2, 0) is 6.54 Å². The molecule has 4 heterocycles. The minimum absolute atomic E-state index is 0.103. The number of rotatable bonds is 3. The molecule has 0 bridgehead atoms. The molecule has 0 aliphatic carbocycles. The summed E-state index contributed by atoms with van der Waals surface area (Å²) in [6, 6.07) is 3.62. The van der Waals surface area contributed by atoms with Gasteiger partial charge in [-0.25, -0.2) is 18.7 Å². The molecule has 4 rings (SSSR count). The fourth-order valence-corrected chi connectivity index (χ4v) is 3.89. The predicted molar refractivity (Wildman–Crippen MR) is 84.8 cm³/mol.